The third-order valence-electron chi connectivity index (χ3n) is 4.27. The van der Waals surface area contributed by atoms with Crippen molar-refractivity contribution in [3.63, 3.8) is 0 Å². The van der Waals surface area contributed by atoms with Crippen LogP contribution in [0.1, 0.15) is 22.5 Å². The molecule has 0 saturated heterocycles. The predicted octanol–water partition coefficient (Wildman–Crippen LogP) is 3.29. The number of nitrogens with zero attached hydrogens (tertiary/aromatic N) is 2. The number of hydrogen-bond acceptors (Lipinski definition) is 2. The maximum atomic E-state index is 4.50. The Kier molecular flexibility index (Phi) is 7.75. The van der Waals surface area contributed by atoms with Crippen LogP contribution >= 0.6 is 0 Å². The Morgan fingerprint density at radius 2 is 1.00 bits per heavy atom. The van der Waals surface area contributed by atoms with Crippen molar-refractivity contribution in [1.82, 2.24) is 9.97 Å². The molecule has 0 fully saturated rings. The van der Waals surface area contributed by atoms with E-state index in [1.807, 2.05) is 26.0 Å². The van der Waals surface area contributed by atoms with Gasteiger partial charge in [-0.2, -0.15) is 0 Å². The van der Waals surface area contributed by atoms with E-state index in [4.69, 9.17) is 0 Å². The van der Waals surface area contributed by atoms with Gasteiger partial charge in [0.2, 0.25) is 0 Å². The Hall–Kier alpha value is -1.08. The fourth-order valence-corrected chi connectivity index (χ4v) is 4.09. The van der Waals surface area contributed by atoms with Crippen LogP contribution in [-0.4, -0.2) is 42.0 Å². The van der Waals surface area contributed by atoms with Crippen molar-refractivity contribution in [3.8, 4) is 0 Å². The van der Waals surface area contributed by atoms with Crippen LogP contribution in [-0.2, 0) is 19.5 Å². The smallest absolute Gasteiger partial charge is 0 e. The zero-order chi connectivity index (χ0) is 18.8. The second-order valence-corrected chi connectivity index (χ2v) is 8.31. The average Bonchev–Trinajstić information content (AvgIpc) is 2.57. The van der Waals surface area contributed by atoms with Gasteiger partial charge in [-0.15, -0.1) is 0 Å². The second kappa shape index (κ2) is 9.41. The number of pyridine rings is 2. The molecular weight excluding hydrogens is 516 g/mol. The molecule has 2 aromatic carbocycles. The van der Waals surface area contributed by atoms with Crippen molar-refractivity contribution < 1.29 is 19.5 Å². The molecule has 0 atom stereocenters. The maximum absolute atomic E-state index is 4.50. The van der Waals surface area contributed by atoms with Crippen LogP contribution in [0, 0.1) is 27.7 Å². The number of hydrogen-bond donors (Lipinski definition) is 0. The van der Waals surface area contributed by atoms with E-state index in [0.717, 1.165) is 31.3 Å². The molecule has 5 heteroatoms. The zero-order valence-electron chi connectivity index (χ0n) is 16.0. The van der Waals surface area contributed by atoms with Crippen molar-refractivity contribution in [1.29, 1.82) is 0 Å². The van der Waals surface area contributed by atoms with Crippen molar-refractivity contribution in [2.75, 3.05) is 0 Å². The van der Waals surface area contributed by atoms with Gasteiger partial charge in [0.15, 0.2) is 0 Å². The van der Waals surface area contributed by atoms with Crippen LogP contribution in [0.25, 0.3) is 21.8 Å². The van der Waals surface area contributed by atoms with Crippen LogP contribution in [0.15, 0.2) is 48.5 Å². The molecule has 2 nitrogen and oxygen atoms in total. The van der Waals surface area contributed by atoms with Crippen molar-refractivity contribution >= 4 is 62.8 Å². The van der Waals surface area contributed by atoms with Crippen LogP contribution in [0.4, 0.5) is 0 Å². The molecule has 132 valence electrons. The van der Waals surface area contributed by atoms with Crippen LogP contribution < -0.4 is 8.92 Å². The van der Waals surface area contributed by atoms with Gasteiger partial charge >= 0.3 is 171 Å². The van der Waals surface area contributed by atoms with Gasteiger partial charge in [-0.05, 0) is 0 Å². The molecule has 0 amide bonds. The average molecular weight is 536 g/mol. The molecule has 0 aliphatic rings. The van der Waals surface area contributed by atoms with E-state index in [9.17, 15) is 0 Å². The van der Waals surface area contributed by atoms with E-state index in [0.29, 0.717) is 0 Å². The monoisotopic (exact) mass is 536 g/mol. The van der Waals surface area contributed by atoms with E-state index < -0.39 is 0 Å². The number of para-hydroxylation sites is 2. The second-order valence-electron chi connectivity index (χ2n) is 6.47. The van der Waals surface area contributed by atoms with Crippen molar-refractivity contribution in [3.05, 3.63) is 71.0 Å². The Morgan fingerprint density at radius 1 is 0.630 bits per heavy atom. The number of rotatable bonds is 0. The van der Waals surface area contributed by atoms with Gasteiger partial charge in [0.25, 0.3) is 0 Å². The molecule has 2 aromatic heterocycles. The molecule has 4 aromatic rings. The molecule has 2 heterocycles. The van der Waals surface area contributed by atoms with Gasteiger partial charge in [-0.1, -0.05) is 0 Å². The molecule has 27 heavy (non-hydrogen) atoms. The zero-order valence-corrected chi connectivity index (χ0v) is 22.4. The molecule has 0 saturated carbocycles. The Morgan fingerprint density at radius 3 is 1.37 bits per heavy atom. The van der Waals surface area contributed by atoms with E-state index in [2.05, 4.69) is 92.2 Å². The minimum atomic E-state index is 0. The summed E-state index contributed by atoms with van der Waals surface area (Å²) in [5, 5.41) is 2.48. The standard InChI is InChI=1S/2C11H10NSe.Zn/c2*1-7-6-8(2)12-11-9(7)4-3-5-10(11)13;/h2*3-6H,1-2H3;. The first-order valence-corrected chi connectivity index (χ1v) is 10.2. The van der Waals surface area contributed by atoms with Gasteiger partial charge in [0, 0.05) is 19.5 Å². The Balaban J connectivity index is 0.000000187. The van der Waals surface area contributed by atoms with Gasteiger partial charge < -0.3 is 0 Å². The van der Waals surface area contributed by atoms with Gasteiger partial charge in [-0.3, -0.25) is 0 Å². The minimum Gasteiger partial charge on any atom is 0 e. The summed E-state index contributed by atoms with van der Waals surface area (Å²) in [5.41, 5.74) is 6.90. The van der Waals surface area contributed by atoms with Gasteiger partial charge in [-0.25, -0.2) is 0 Å². The maximum Gasteiger partial charge on any atom is 0 e. The third-order valence-corrected chi connectivity index (χ3v) is 5.66. The molecule has 0 aliphatic carbocycles. The molecule has 0 bridgehead atoms. The summed E-state index contributed by atoms with van der Waals surface area (Å²) in [5.74, 6) is 0. The molecular formula is C22H20N2Se2Zn. The summed E-state index contributed by atoms with van der Waals surface area (Å²) >= 11 is 6.07. The summed E-state index contributed by atoms with van der Waals surface area (Å²) in [6, 6.07) is 16.7. The minimum absolute atomic E-state index is 0. The fourth-order valence-electron chi connectivity index (χ4n) is 3.11. The fraction of sp³-hybridized carbons (Fsp3) is 0.182. The molecule has 0 unspecified atom stereocenters. The van der Waals surface area contributed by atoms with Crippen LogP contribution in [0.2, 0.25) is 0 Å². The summed E-state index contributed by atoms with van der Waals surface area (Å²) in [7, 11) is 0. The number of aromatic nitrogens is 2. The summed E-state index contributed by atoms with van der Waals surface area (Å²) in [6.07, 6.45) is 0. The first-order valence-electron chi connectivity index (χ1n) is 8.45. The first kappa shape index (κ1) is 22.2. The van der Waals surface area contributed by atoms with Crippen LogP contribution in [0.3, 0.4) is 0 Å². The molecule has 0 aliphatic heterocycles. The molecule has 2 radical (unpaired) electrons. The molecule has 4 rings (SSSR count). The summed E-state index contributed by atoms with van der Waals surface area (Å²) in [4.78, 5) is 9.01. The van der Waals surface area contributed by atoms with Gasteiger partial charge in [0.1, 0.15) is 0 Å². The van der Waals surface area contributed by atoms with Crippen LogP contribution in [0.5, 0.6) is 0 Å². The van der Waals surface area contributed by atoms with Crippen molar-refractivity contribution in [2.24, 2.45) is 0 Å². The predicted molar refractivity (Wildman–Crippen MR) is 113 cm³/mol. The summed E-state index contributed by atoms with van der Waals surface area (Å²) in [6.45, 7) is 8.30. The SMILES string of the molecule is Cc1cc(C)c2cccc([Se])c2n1.Cc1cc(C)c2cccc([Se])c2n1.[Zn]. The van der Waals surface area contributed by atoms with E-state index in [-0.39, 0.29) is 19.5 Å². The molecule has 0 spiro atoms. The molecule has 0 N–H and O–H groups in total. The third kappa shape index (κ3) is 5.05. The first-order chi connectivity index (χ1) is 12.4. The largest absolute Gasteiger partial charge is 0 e. The normalized spacial score (nSPS) is 10.2. The van der Waals surface area contributed by atoms with E-state index >= 15 is 0 Å². The van der Waals surface area contributed by atoms with E-state index in [1.165, 1.54) is 21.9 Å². The number of fused-ring (bicyclic) bond motifs is 2. The number of benzene rings is 2. The summed E-state index contributed by atoms with van der Waals surface area (Å²) < 4.78 is 2.26. The Labute approximate surface area is 190 Å². The Bertz CT molecular complexity index is 1020. The van der Waals surface area contributed by atoms with Crippen molar-refractivity contribution in [2.45, 2.75) is 27.7 Å². The topological polar surface area (TPSA) is 25.8 Å². The quantitative estimate of drug-likeness (QED) is 0.323. The number of aryl methyl sites for hydroxylation is 4. The van der Waals surface area contributed by atoms with E-state index in [1.54, 1.807) is 0 Å². The van der Waals surface area contributed by atoms with Gasteiger partial charge in [0.05, 0.1) is 0 Å².